The normalized spacial score (nSPS) is 16.7. The van der Waals surface area contributed by atoms with E-state index < -0.39 is 0 Å². The van der Waals surface area contributed by atoms with E-state index in [1.807, 2.05) is 0 Å². The van der Waals surface area contributed by atoms with Crippen LogP contribution in [0.1, 0.15) is 24.8 Å². The average Bonchev–Trinajstić information content (AvgIpc) is 3.11. The van der Waals surface area contributed by atoms with Gasteiger partial charge >= 0.3 is 0 Å². The Morgan fingerprint density at radius 3 is 3.00 bits per heavy atom. The van der Waals surface area contributed by atoms with Gasteiger partial charge in [0, 0.05) is 20.3 Å². The van der Waals surface area contributed by atoms with Gasteiger partial charge in [0.05, 0.1) is 10.2 Å². The van der Waals surface area contributed by atoms with E-state index in [0.29, 0.717) is 5.41 Å². The third kappa shape index (κ3) is 2.58. The Morgan fingerprint density at radius 2 is 2.26 bits per heavy atom. The SMILES string of the molecule is COCCC1(CNc2ncnc3c(C)csc23)CC1. The van der Waals surface area contributed by atoms with Gasteiger partial charge in [0.25, 0.3) is 0 Å². The Balaban J connectivity index is 1.72. The van der Waals surface area contributed by atoms with Crippen molar-refractivity contribution in [3.05, 3.63) is 17.3 Å². The molecule has 2 aromatic rings. The molecule has 1 aliphatic carbocycles. The minimum atomic E-state index is 0.430. The van der Waals surface area contributed by atoms with Gasteiger partial charge in [0.15, 0.2) is 0 Å². The highest BCUT2D eigenvalue weighted by Gasteiger charge is 2.41. The zero-order valence-electron chi connectivity index (χ0n) is 11.4. The van der Waals surface area contributed by atoms with Crippen molar-refractivity contribution in [2.75, 3.05) is 25.6 Å². The first-order valence-corrected chi connectivity index (χ1v) is 7.54. The lowest BCUT2D eigenvalue weighted by Gasteiger charge is -2.16. The molecule has 4 nitrogen and oxygen atoms in total. The van der Waals surface area contributed by atoms with Crippen molar-refractivity contribution in [1.82, 2.24) is 9.97 Å². The molecule has 1 saturated carbocycles. The molecule has 0 radical (unpaired) electrons. The summed E-state index contributed by atoms with van der Waals surface area (Å²) in [5.74, 6) is 0.979. The molecule has 0 amide bonds. The first-order valence-electron chi connectivity index (χ1n) is 6.66. The molecule has 1 fully saturated rings. The van der Waals surface area contributed by atoms with Crippen LogP contribution in [0.3, 0.4) is 0 Å². The van der Waals surface area contributed by atoms with Crippen molar-refractivity contribution in [1.29, 1.82) is 0 Å². The third-order valence-corrected chi connectivity index (χ3v) is 5.05. The van der Waals surface area contributed by atoms with Gasteiger partial charge in [-0.3, -0.25) is 0 Å². The molecule has 19 heavy (non-hydrogen) atoms. The van der Waals surface area contributed by atoms with E-state index in [-0.39, 0.29) is 0 Å². The second-order valence-corrected chi connectivity index (χ2v) is 6.29. The molecule has 3 rings (SSSR count). The monoisotopic (exact) mass is 277 g/mol. The summed E-state index contributed by atoms with van der Waals surface area (Å²) in [6.07, 6.45) is 5.37. The van der Waals surface area contributed by atoms with Gasteiger partial charge in [-0.05, 0) is 42.5 Å². The van der Waals surface area contributed by atoms with Crippen LogP contribution < -0.4 is 5.32 Å². The Morgan fingerprint density at radius 1 is 1.42 bits per heavy atom. The summed E-state index contributed by atoms with van der Waals surface area (Å²) < 4.78 is 6.36. The number of hydrogen-bond donors (Lipinski definition) is 1. The summed E-state index contributed by atoms with van der Waals surface area (Å²) in [7, 11) is 1.77. The third-order valence-electron chi connectivity index (χ3n) is 3.96. The van der Waals surface area contributed by atoms with Crippen LogP contribution in [0.25, 0.3) is 10.2 Å². The molecule has 0 bridgehead atoms. The zero-order chi connectivity index (χ0) is 13.3. The van der Waals surface area contributed by atoms with Gasteiger partial charge in [-0.25, -0.2) is 9.97 Å². The molecule has 2 heterocycles. The standard InChI is InChI=1S/C14H19N3OS/c1-10-7-19-12-11(10)16-9-17-13(12)15-8-14(3-4-14)5-6-18-2/h7,9H,3-6,8H2,1-2H3,(H,15,16,17). The van der Waals surface area contributed by atoms with Crippen LogP contribution in [-0.4, -0.2) is 30.2 Å². The van der Waals surface area contributed by atoms with Crippen LogP contribution in [-0.2, 0) is 4.74 Å². The largest absolute Gasteiger partial charge is 0.385 e. The lowest BCUT2D eigenvalue weighted by atomic mass is 10.0. The predicted octanol–water partition coefficient (Wildman–Crippen LogP) is 3.23. The highest BCUT2D eigenvalue weighted by atomic mass is 32.1. The number of nitrogens with one attached hydrogen (secondary N) is 1. The molecule has 0 spiro atoms. The average molecular weight is 277 g/mol. The minimum absolute atomic E-state index is 0.430. The van der Waals surface area contributed by atoms with E-state index >= 15 is 0 Å². The van der Waals surface area contributed by atoms with Crippen LogP contribution in [0, 0.1) is 12.3 Å². The number of aromatic nitrogens is 2. The van der Waals surface area contributed by atoms with Gasteiger partial charge in [-0.15, -0.1) is 11.3 Å². The zero-order valence-corrected chi connectivity index (χ0v) is 12.2. The summed E-state index contributed by atoms with van der Waals surface area (Å²) in [5.41, 5.74) is 2.73. The molecule has 5 heteroatoms. The van der Waals surface area contributed by atoms with Crippen molar-refractivity contribution in [3.8, 4) is 0 Å². The summed E-state index contributed by atoms with van der Waals surface area (Å²) >= 11 is 1.72. The van der Waals surface area contributed by atoms with E-state index in [4.69, 9.17) is 4.74 Å². The topological polar surface area (TPSA) is 47.0 Å². The summed E-state index contributed by atoms with van der Waals surface area (Å²) in [6.45, 7) is 3.93. The highest BCUT2D eigenvalue weighted by Crippen LogP contribution is 2.48. The highest BCUT2D eigenvalue weighted by molar-refractivity contribution is 7.18. The van der Waals surface area contributed by atoms with Crippen LogP contribution in [0.4, 0.5) is 5.82 Å². The van der Waals surface area contributed by atoms with Crippen molar-refractivity contribution in [2.45, 2.75) is 26.2 Å². The molecule has 0 aliphatic heterocycles. The number of thiophene rings is 1. The smallest absolute Gasteiger partial charge is 0.147 e. The molecule has 102 valence electrons. The van der Waals surface area contributed by atoms with E-state index in [1.54, 1.807) is 24.8 Å². The number of methoxy groups -OCH3 is 1. The number of hydrogen-bond acceptors (Lipinski definition) is 5. The fraction of sp³-hybridized carbons (Fsp3) is 0.571. The quantitative estimate of drug-likeness (QED) is 0.880. The molecule has 2 aromatic heterocycles. The van der Waals surface area contributed by atoms with E-state index in [2.05, 4.69) is 27.6 Å². The number of nitrogens with zero attached hydrogens (tertiary/aromatic N) is 2. The lowest BCUT2D eigenvalue weighted by molar-refractivity contribution is 0.175. The second-order valence-electron chi connectivity index (χ2n) is 5.42. The maximum Gasteiger partial charge on any atom is 0.147 e. The second kappa shape index (κ2) is 5.06. The molecular formula is C14H19N3OS. The minimum Gasteiger partial charge on any atom is -0.385 e. The maximum atomic E-state index is 5.19. The van der Waals surface area contributed by atoms with Crippen LogP contribution in [0.15, 0.2) is 11.7 Å². The number of anilines is 1. The lowest BCUT2D eigenvalue weighted by Crippen LogP contribution is -2.17. The van der Waals surface area contributed by atoms with Gasteiger partial charge in [0.1, 0.15) is 12.1 Å². The number of ether oxygens (including phenoxy) is 1. The van der Waals surface area contributed by atoms with Crippen LogP contribution in [0.5, 0.6) is 0 Å². The van der Waals surface area contributed by atoms with E-state index in [1.165, 1.54) is 23.1 Å². The van der Waals surface area contributed by atoms with Gasteiger partial charge in [-0.2, -0.15) is 0 Å². The van der Waals surface area contributed by atoms with E-state index in [9.17, 15) is 0 Å². The number of rotatable bonds is 6. The van der Waals surface area contributed by atoms with Gasteiger partial charge in [0.2, 0.25) is 0 Å². The Bertz CT molecular complexity index is 577. The van der Waals surface area contributed by atoms with Gasteiger partial charge < -0.3 is 10.1 Å². The van der Waals surface area contributed by atoms with Crippen LogP contribution in [0.2, 0.25) is 0 Å². The fourth-order valence-electron chi connectivity index (χ4n) is 2.38. The van der Waals surface area contributed by atoms with Crippen molar-refractivity contribution < 1.29 is 4.74 Å². The molecule has 1 N–H and O–H groups in total. The number of aryl methyl sites for hydroxylation is 1. The first kappa shape index (κ1) is 12.8. The summed E-state index contributed by atoms with van der Waals surface area (Å²) in [5, 5.41) is 5.66. The van der Waals surface area contributed by atoms with Crippen LogP contribution >= 0.6 is 11.3 Å². The number of fused-ring (bicyclic) bond motifs is 1. The molecule has 0 saturated heterocycles. The summed E-state index contributed by atoms with van der Waals surface area (Å²) in [6, 6.07) is 0. The molecular weight excluding hydrogens is 258 g/mol. The molecule has 0 unspecified atom stereocenters. The fourth-order valence-corrected chi connectivity index (χ4v) is 3.35. The summed E-state index contributed by atoms with van der Waals surface area (Å²) in [4.78, 5) is 8.74. The molecule has 0 atom stereocenters. The van der Waals surface area contributed by atoms with Crippen molar-refractivity contribution >= 4 is 27.4 Å². The molecule has 0 aromatic carbocycles. The Hall–Kier alpha value is -1.20. The van der Waals surface area contributed by atoms with Gasteiger partial charge in [-0.1, -0.05) is 0 Å². The maximum absolute atomic E-state index is 5.19. The molecule has 1 aliphatic rings. The Kier molecular flexibility index (Phi) is 3.41. The van der Waals surface area contributed by atoms with Crippen molar-refractivity contribution in [3.63, 3.8) is 0 Å². The van der Waals surface area contributed by atoms with E-state index in [0.717, 1.165) is 30.9 Å². The predicted molar refractivity (Wildman–Crippen MR) is 78.8 cm³/mol. The first-order chi connectivity index (χ1) is 9.24. The Labute approximate surface area is 117 Å². The van der Waals surface area contributed by atoms with Crippen molar-refractivity contribution in [2.24, 2.45) is 5.41 Å².